The predicted molar refractivity (Wildman–Crippen MR) is 130 cm³/mol. The Morgan fingerprint density at radius 2 is 1.59 bits per heavy atom. The molecule has 0 aliphatic rings. The fourth-order valence-corrected chi connectivity index (χ4v) is 3.85. The molecule has 1 aromatic heterocycles. The van der Waals surface area contributed by atoms with E-state index in [0.29, 0.717) is 21.0 Å². The molecule has 6 nitrogen and oxygen atoms in total. The van der Waals surface area contributed by atoms with Gasteiger partial charge in [0.15, 0.2) is 11.0 Å². The fourth-order valence-electron chi connectivity index (χ4n) is 2.85. The Bertz CT molecular complexity index is 1230. The van der Waals surface area contributed by atoms with Crippen LogP contribution in [0.1, 0.15) is 5.56 Å². The van der Waals surface area contributed by atoms with E-state index in [2.05, 4.69) is 20.7 Å². The number of aromatic nitrogens is 3. The molecule has 0 radical (unpaired) electrons. The van der Waals surface area contributed by atoms with Crippen molar-refractivity contribution in [2.24, 2.45) is 5.10 Å². The quantitative estimate of drug-likeness (QED) is 0.215. The van der Waals surface area contributed by atoms with Crippen molar-refractivity contribution in [3.8, 4) is 17.1 Å². The van der Waals surface area contributed by atoms with E-state index in [0.717, 1.165) is 16.8 Å². The van der Waals surface area contributed by atoms with Gasteiger partial charge in [0.1, 0.15) is 0 Å². The van der Waals surface area contributed by atoms with Crippen LogP contribution in [0.5, 0.6) is 0 Å². The number of benzene rings is 3. The number of carbonyl (C=O) groups excluding carboxylic acids is 1. The number of carbonyl (C=O) groups is 1. The fraction of sp³-hybridized carbons (Fsp3) is 0.0435. The Hall–Kier alpha value is -3.13. The predicted octanol–water partition coefficient (Wildman–Crippen LogP) is 5.48. The summed E-state index contributed by atoms with van der Waals surface area (Å²) in [7, 11) is 0. The molecule has 0 spiro atoms. The van der Waals surface area contributed by atoms with Gasteiger partial charge in [-0.3, -0.25) is 9.36 Å². The summed E-state index contributed by atoms with van der Waals surface area (Å²) in [5.41, 5.74) is 5.12. The molecule has 0 aliphatic carbocycles. The van der Waals surface area contributed by atoms with Crippen molar-refractivity contribution < 1.29 is 4.79 Å². The number of nitrogens with zero attached hydrogens (tertiary/aromatic N) is 4. The van der Waals surface area contributed by atoms with Crippen molar-refractivity contribution in [2.75, 3.05) is 5.75 Å². The maximum absolute atomic E-state index is 12.3. The van der Waals surface area contributed by atoms with Crippen molar-refractivity contribution in [2.45, 2.75) is 5.16 Å². The van der Waals surface area contributed by atoms with Crippen LogP contribution in [0, 0.1) is 0 Å². The molecule has 1 heterocycles. The Kier molecular flexibility index (Phi) is 7.21. The first-order chi connectivity index (χ1) is 15.6. The third kappa shape index (κ3) is 5.56. The van der Waals surface area contributed by atoms with E-state index in [1.807, 2.05) is 59.2 Å². The molecule has 32 heavy (non-hydrogen) atoms. The highest BCUT2D eigenvalue weighted by atomic mass is 35.5. The molecule has 0 fully saturated rings. The van der Waals surface area contributed by atoms with Crippen LogP contribution in [0.25, 0.3) is 17.1 Å². The summed E-state index contributed by atoms with van der Waals surface area (Å²) in [6, 6.07) is 24.3. The van der Waals surface area contributed by atoms with E-state index < -0.39 is 0 Å². The summed E-state index contributed by atoms with van der Waals surface area (Å²) in [6.07, 6.45) is 1.56. The van der Waals surface area contributed by atoms with Crippen molar-refractivity contribution in [3.63, 3.8) is 0 Å². The van der Waals surface area contributed by atoms with Crippen LogP contribution in [0.15, 0.2) is 89.1 Å². The third-order valence-electron chi connectivity index (χ3n) is 4.36. The molecule has 0 saturated carbocycles. The smallest absolute Gasteiger partial charge is 0.250 e. The van der Waals surface area contributed by atoms with E-state index in [1.165, 1.54) is 11.8 Å². The summed E-state index contributed by atoms with van der Waals surface area (Å²) in [4.78, 5) is 12.3. The average molecular weight is 482 g/mol. The van der Waals surface area contributed by atoms with Crippen molar-refractivity contribution in [3.05, 3.63) is 94.5 Å². The lowest BCUT2D eigenvalue weighted by molar-refractivity contribution is -0.118. The van der Waals surface area contributed by atoms with E-state index in [1.54, 1.807) is 30.5 Å². The Morgan fingerprint density at radius 1 is 0.938 bits per heavy atom. The van der Waals surface area contributed by atoms with E-state index in [9.17, 15) is 4.79 Å². The highest BCUT2D eigenvalue weighted by Gasteiger charge is 2.17. The van der Waals surface area contributed by atoms with Gasteiger partial charge in [0, 0.05) is 21.3 Å². The van der Waals surface area contributed by atoms with Gasteiger partial charge in [0.2, 0.25) is 0 Å². The zero-order valence-corrected chi connectivity index (χ0v) is 19.0. The number of amides is 1. The lowest BCUT2D eigenvalue weighted by atomic mass is 10.2. The molecule has 0 aliphatic heterocycles. The van der Waals surface area contributed by atoms with Crippen LogP contribution < -0.4 is 5.43 Å². The zero-order chi connectivity index (χ0) is 22.3. The van der Waals surface area contributed by atoms with Crippen LogP contribution in [-0.4, -0.2) is 32.6 Å². The van der Waals surface area contributed by atoms with Gasteiger partial charge < -0.3 is 0 Å². The Morgan fingerprint density at radius 3 is 2.28 bits per heavy atom. The number of hydrogen-bond donors (Lipinski definition) is 1. The van der Waals surface area contributed by atoms with Gasteiger partial charge in [0.25, 0.3) is 5.91 Å². The zero-order valence-electron chi connectivity index (χ0n) is 16.7. The summed E-state index contributed by atoms with van der Waals surface area (Å²) < 4.78 is 1.90. The topological polar surface area (TPSA) is 72.2 Å². The number of rotatable bonds is 7. The molecule has 3 aromatic carbocycles. The molecule has 4 aromatic rings. The average Bonchev–Trinajstić information content (AvgIpc) is 3.24. The molecule has 0 saturated heterocycles. The maximum atomic E-state index is 12.3. The Labute approximate surface area is 199 Å². The van der Waals surface area contributed by atoms with E-state index in [-0.39, 0.29) is 11.7 Å². The van der Waals surface area contributed by atoms with E-state index >= 15 is 0 Å². The standard InChI is InChI=1S/C23H17Cl2N5OS/c24-18-8-6-16(7-9-18)14-26-27-21(31)15-32-23-29-28-22(17-4-2-1-3-5-17)30(23)20-12-10-19(25)11-13-20/h1-14H,15H2,(H,27,31)/b26-14-. The second-order valence-electron chi connectivity index (χ2n) is 6.62. The van der Waals surface area contributed by atoms with Gasteiger partial charge in [-0.1, -0.05) is 77.4 Å². The van der Waals surface area contributed by atoms with Crippen LogP contribution >= 0.6 is 35.0 Å². The first kappa shape index (κ1) is 22.1. The third-order valence-corrected chi connectivity index (χ3v) is 5.79. The molecule has 160 valence electrons. The molecule has 0 bridgehead atoms. The first-order valence-electron chi connectivity index (χ1n) is 9.57. The number of nitrogens with one attached hydrogen (secondary N) is 1. The molecule has 1 amide bonds. The number of halogens is 2. The number of hydrazone groups is 1. The van der Waals surface area contributed by atoms with Crippen LogP contribution in [0.2, 0.25) is 10.0 Å². The van der Waals surface area contributed by atoms with Gasteiger partial charge in [0.05, 0.1) is 12.0 Å². The minimum Gasteiger partial charge on any atom is -0.272 e. The van der Waals surface area contributed by atoms with Crippen molar-refractivity contribution in [1.29, 1.82) is 0 Å². The summed E-state index contributed by atoms with van der Waals surface area (Å²) in [6.45, 7) is 0. The summed E-state index contributed by atoms with van der Waals surface area (Å²) in [5.74, 6) is 0.544. The second kappa shape index (κ2) is 10.5. The SMILES string of the molecule is O=C(CSc1nnc(-c2ccccc2)n1-c1ccc(Cl)cc1)N/N=C\c1ccc(Cl)cc1. The minimum absolute atomic E-state index is 0.123. The van der Waals surface area contributed by atoms with Crippen LogP contribution in [-0.2, 0) is 4.79 Å². The van der Waals surface area contributed by atoms with Crippen LogP contribution in [0.4, 0.5) is 0 Å². The molecule has 0 atom stereocenters. The first-order valence-corrected chi connectivity index (χ1v) is 11.3. The highest BCUT2D eigenvalue weighted by Crippen LogP contribution is 2.28. The summed E-state index contributed by atoms with van der Waals surface area (Å²) >= 11 is 13.2. The molecule has 0 unspecified atom stereocenters. The monoisotopic (exact) mass is 481 g/mol. The highest BCUT2D eigenvalue weighted by molar-refractivity contribution is 7.99. The van der Waals surface area contributed by atoms with Gasteiger partial charge in [-0.2, -0.15) is 5.10 Å². The van der Waals surface area contributed by atoms with Crippen molar-refractivity contribution in [1.82, 2.24) is 20.2 Å². The molecule has 4 rings (SSSR count). The molecular formula is C23H17Cl2N5OS. The van der Waals surface area contributed by atoms with Gasteiger partial charge >= 0.3 is 0 Å². The Balaban J connectivity index is 1.49. The molecule has 9 heteroatoms. The van der Waals surface area contributed by atoms with E-state index in [4.69, 9.17) is 23.2 Å². The van der Waals surface area contributed by atoms with Crippen molar-refractivity contribution >= 4 is 47.1 Å². The molecule has 1 N–H and O–H groups in total. The minimum atomic E-state index is -0.257. The van der Waals surface area contributed by atoms with Gasteiger partial charge in [-0.25, -0.2) is 5.43 Å². The molecular weight excluding hydrogens is 465 g/mol. The lowest BCUT2D eigenvalue weighted by Gasteiger charge is -2.10. The second-order valence-corrected chi connectivity index (χ2v) is 8.43. The van der Waals surface area contributed by atoms with Crippen LogP contribution in [0.3, 0.4) is 0 Å². The normalized spacial score (nSPS) is 11.1. The van der Waals surface area contributed by atoms with Gasteiger partial charge in [-0.15, -0.1) is 10.2 Å². The lowest BCUT2D eigenvalue weighted by Crippen LogP contribution is -2.20. The summed E-state index contributed by atoms with van der Waals surface area (Å²) in [5, 5.41) is 14.5. The number of thioether (sulfide) groups is 1. The maximum Gasteiger partial charge on any atom is 0.250 e. The number of hydrogen-bond acceptors (Lipinski definition) is 5. The largest absolute Gasteiger partial charge is 0.272 e. The van der Waals surface area contributed by atoms with Gasteiger partial charge in [-0.05, 0) is 42.0 Å².